The van der Waals surface area contributed by atoms with Crippen LogP contribution in [0.15, 0.2) is 6.20 Å². The molecule has 10 heteroatoms. The second kappa shape index (κ2) is 11.8. The monoisotopic (exact) mass is 437 g/mol. The number of nitrogens with zero attached hydrogens (tertiary/aromatic N) is 4. The molecule has 2 aliphatic rings. The number of nitrogens with one attached hydrogen (secondary N) is 1. The Labute approximate surface area is 183 Å². The van der Waals surface area contributed by atoms with Crippen molar-refractivity contribution in [3.05, 3.63) is 17.5 Å². The van der Waals surface area contributed by atoms with Crippen LogP contribution < -0.4 is 5.32 Å². The molecule has 174 valence electrons. The number of aryl methyl sites for hydroxylation is 2. The summed E-state index contributed by atoms with van der Waals surface area (Å²) >= 11 is 0. The number of carbonyl (C=O) groups excluding carboxylic acids is 2. The fourth-order valence-corrected chi connectivity index (χ4v) is 4.15. The third-order valence-electron chi connectivity index (χ3n) is 5.94. The van der Waals surface area contributed by atoms with Crippen LogP contribution in [-0.4, -0.2) is 93.5 Å². The number of hydrogen-bond acceptors (Lipinski definition) is 6. The molecule has 0 bridgehead atoms. The second-order valence-electron chi connectivity index (χ2n) is 8.28. The molecule has 10 nitrogen and oxygen atoms in total. The summed E-state index contributed by atoms with van der Waals surface area (Å²) in [6.45, 7) is 7.68. The maximum atomic E-state index is 12.9. The SMILES string of the molecule is CCCn1cc(C(=O)N[C@@H]2C[C@@H](C(=O)N3CCN(C)CC3)CC[C@H]2O)c(C)n1.O=CO. The lowest BCUT2D eigenvalue weighted by atomic mass is 9.82. The van der Waals surface area contributed by atoms with Crippen molar-refractivity contribution in [1.29, 1.82) is 0 Å². The van der Waals surface area contributed by atoms with Crippen LogP contribution in [0.5, 0.6) is 0 Å². The van der Waals surface area contributed by atoms with E-state index in [9.17, 15) is 14.7 Å². The number of hydrogen-bond donors (Lipinski definition) is 3. The van der Waals surface area contributed by atoms with E-state index in [1.54, 1.807) is 10.9 Å². The average Bonchev–Trinajstić information content (AvgIpc) is 3.11. The first-order chi connectivity index (χ1) is 14.8. The van der Waals surface area contributed by atoms with Gasteiger partial charge in [0.2, 0.25) is 5.91 Å². The molecule has 31 heavy (non-hydrogen) atoms. The van der Waals surface area contributed by atoms with Crippen molar-refractivity contribution in [2.45, 2.75) is 58.2 Å². The minimum Gasteiger partial charge on any atom is -0.483 e. The molecule has 0 radical (unpaired) electrons. The van der Waals surface area contributed by atoms with Gasteiger partial charge in [-0.15, -0.1) is 0 Å². The number of piperazine rings is 1. The standard InChI is InChI=1S/C20H33N5O3.CH2O2/c1-4-7-25-13-16(14(2)22-25)19(27)21-17-12-15(5-6-18(17)26)20(28)24-10-8-23(3)9-11-24;2-1-3/h13,15,17-18,26H,4-12H2,1-3H3,(H,21,27);1H,(H,2,3)/t15-,17+,18+;/m0./s1. The maximum Gasteiger partial charge on any atom is 0.290 e. The summed E-state index contributed by atoms with van der Waals surface area (Å²) in [5.74, 6) is -0.205. The van der Waals surface area contributed by atoms with Gasteiger partial charge in [-0.3, -0.25) is 19.1 Å². The lowest BCUT2D eigenvalue weighted by Crippen LogP contribution is -2.53. The van der Waals surface area contributed by atoms with Crippen LogP contribution in [0.4, 0.5) is 0 Å². The summed E-state index contributed by atoms with van der Waals surface area (Å²) in [7, 11) is 2.06. The molecule has 1 saturated carbocycles. The first-order valence-corrected chi connectivity index (χ1v) is 10.9. The number of aliphatic hydroxyl groups excluding tert-OH is 1. The molecule has 1 aromatic rings. The molecule has 1 aliphatic heterocycles. The average molecular weight is 438 g/mol. The Hall–Kier alpha value is -2.46. The Morgan fingerprint density at radius 1 is 1.26 bits per heavy atom. The minimum atomic E-state index is -0.619. The molecule has 1 aromatic heterocycles. The molecule has 3 N–H and O–H groups in total. The fraction of sp³-hybridized carbons (Fsp3) is 0.714. The third kappa shape index (κ3) is 6.76. The Morgan fingerprint density at radius 3 is 2.52 bits per heavy atom. The second-order valence-corrected chi connectivity index (χ2v) is 8.28. The van der Waals surface area contributed by atoms with Gasteiger partial charge in [-0.2, -0.15) is 5.10 Å². The molecular weight excluding hydrogens is 402 g/mol. The number of likely N-dealkylation sites (N-methyl/N-ethyl adjacent to an activating group) is 1. The maximum absolute atomic E-state index is 12.9. The summed E-state index contributed by atoms with van der Waals surface area (Å²) in [6, 6.07) is -0.406. The van der Waals surface area contributed by atoms with Crippen molar-refractivity contribution < 1.29 is 24.6 Å². The van der Waals surface area contributed by atoms with Crippen LogP contribution in [-0.2, 0) is 16.1 Å². The first kappa shape index (κ1) is 24.8. The van der Waals surface area contributed by atoms with Gasteiger partial charge in [-0.05, 0) is 39.7 Å². The van der Waals surface area contributed by atoms with Gasteiger partial charge in [0, 0.05) is 44.8 Å². The highest BCUT2D eigenvalue weighted by Gasteiger charge is 2.36. The van der Waals surface area contributed by atoms with Crippen molar-refractivity contribution in [1.82, 2.24) is 24.9 Å². The lowest BCUT2D eigenvalue weighted by Gasteiger charge is -2.38. The van der Waals surface area contributed by atoms with Crippen molar-refractivity contribution in [3.63, 3.8) is 0 Å². The summed E-state index contributed by atoms with van der Waals surface area (Å²) in [6.07, 6.45) is 3.78. The van der Waals surface area contributed by atoms with E-state index in [1.807, 2.05) is 11.8 Å². The van der Waals surface area contributed by atoms with Crippen LogP contribution in [0.1, 0.15) is 48.7 Å². The Balaban J connectivity index is 0.00000107. The largest absolute Gasteiger partial charge is 0.483 e. The molecule has 0 unspecified atom stereocenters. The van der Waals surface area contributed by atoms with E-state index in [-0.39, 0.29) is 24.2 Å². The first-order valence-electron chi connectivity index (χ1n) is 10.9. The molecule has 2 fully saturated rings. The quantitative estimate of drug-likeness (QED) is 0.567. The van der Waals surface area contributed by atoms with Crippen LogP contribution in [0.25, 0.3) is 0 Å². The zero-order valence-corrected chi connectivity index (χ0v) is 18.7. The highest BCUT2D eigenvalue weighted by molar-refractivity contribution is 5.95. The zero-order valence-electron chi connectivity index (χ0n) is 18.7. The predicted molar refractivity (Wildman–Crippen MR) is 115 cm³/mol. The molecule has 3 rings (SSSR count). The fourth-order valence-electron chi connectivity index (χ4n) is 4.15. The van der Waals surface area contributed by atoms with Gasteiger partial charge in [0.15, 0.2) is 0 Å². The number of rotatable bonds is 5. The normalized spacial score (nSPS) is 24.1. The van der Waals surface area contributed by atoms with Gasteiger partial charge in [-0.1, -0.05) is 6.92 Å². The van der Waals surface area contributed by atoms with Crippen molar-refractivity contribution in [3.8, 4) is 0 Å². The Kier molecular flexibility index (Phi) is 9.44. The minimum absolute atomic E-state index is 0.138. The van der Waals surface area contributed by atoms with E-state index < -0.39 is 12.1 Å². The lowest BCUT2D eigenvalue weighted by molar-refractivity contribution is -0.139. The van der Waals surface area contributed by atoms with Crippen molar-refractivity contribution in [2.24, 2.45) is 5.92 Å². The molecule has 2 amide bonds. The summed E-state index contributed by atoms with van der Waals surface area (Å²) in [5.41, 5.74) is 1.22. The van der Waals surface area contributed by atoms with Crippen LogP contribution in [0.3, 0.4) is 0 Å². The van der Waals surface area contributed by atoms with E-state index in [0.29, 0.717) is 30.5 Å². The predicted octanol–water partition coefficient (Wildman–Crippen LogP) is 0.336. The van der Waals surface area contributed by atoms with E-state index in [2.05, 4.69) is 29.3 Å². The van der Waals surface area contributed by atoms with E-state index in [4.69, 9.17) is 9.90 Å². The molecule has 3 atom stereocenters. The van der Waals surface area contributed by atoms with Gasteiger partial charge in [-0.25, -0.2) is 0 Å². The van der Waals surface area contributed by atoms with Gasteiger partial charge >= 0.3 is 0 Å². The number of carboxylic acid groups (broad SMARTS) is 1. The molecule has 2 heterocycles. The van der Waals surface area contributed by atoms with Crippen LogP contribution in [0.2, 0.25) is 0 Å². The number of amides is 2. The van der Waals surface area contributed by atoms with Gasteiger partial charge in [0.05, 0.1) is 23.4 Å². The van der Waals surface area contributed by atoms with E-state index >= 15 is 0 Å². The Morgan fingerprint density at radius 2 is 1.90 bits per heavy atom. The third-order valence-corrected chi connectivity index (χ3v) is 5.94. The highest BCUT2D eigenvalue weighted by Crippen LogP contribution is 2.27. The van der Waals surface area contributed by atoms with Crippen molar-refractivity contribution in [2.75, 3.05) is 33.2 Å². The van der Waals surface area contributed by atoms with E-state index in [0.717, 1.165) is 39.1 Å². The van der Waals surface area contributed by atoms with Crippen molar-refractivity contribution >= 4 is 18.3 Å². The summed E-state index contributed by atoms with van der Waals surface area (Å²) in [5, 5.41) is 24.6. The molecule has 0 spiro atoms. The number of carbonyl (C=O) groups is 3. The van der Waals surface area contributed by atoms with Gasteiger partial charge in [0.25, 0.3) is 12.4 Å². The highest BCUT2D eigenvalue weighted by atomic mass is 16.3. The smallest absolute Gasteiger partial charge is 0.290 e. The molecule has 0 aromatic carbocycles. The van der Waals surface area contributed by atoms with Crippen LogP contribution >= 0.6 is 0 Å². The topological polar surface area (TPSA) is 128 Å². The number of aliphatic hydroxyl groups is 1. The molecule has 1 aliphatic carbocycles. The summed E-state index contributed by atoms with van der Waals surface area (Å²) in [4.78, 5) is 38.1. The van der Waals surface area contributed by atoms with E-state index in [1.165, 1.54) is 0 Å². The Bertz CT molecular complexity index is 745. The summed E-state index contributed by atoms with van der Waals surface area (Å²) < 4.78 is 1.78. The zero-order chi connectivity index (χ0) is 23.0. The number of aromatic nitrogens is 2. The molecular formula is C21H35N5O5. The van der Waals surface area contributed by atoms with Crippen LogP contribution in [0, 0.1) is 12.8 Å². The van der Waals surface area contributed by atoms with Gasteiger partial charge < -0.3 is 25.3 Å². The molecule has 1 saturated heterocycles. The van der Waals surface area contributed by atoms with Gasteiger partial charge in [0.1, 0.15) is 0 Å².